The second kappa shape index (κ2) is 8.42. The topological polar surface area (TPSA) is 108 Å². The maximum Gasteiger partial charge on any atom is 0.326 e. The van der Waals surface area contributed by atoms with Crippen LogP contribution < -0.4 is 10.6 Å². The first-order valence-corrected chi connectivity index (χ1v) is 8.43. The number of carboxylic acid groups (broad SMARTS) is 1. The van der Waals surface area contributed by atoms with Gasteiger partial charge in [-0.25, -0.2) is 4.79 Å². The van der Waals surface area contributed by atoms with E-state index in [1.54, 1.807) is 19.9 Å². The number of nitrogens with one attached hydrogen (secondary N) is 2. The molecule has 2 amide bonds. The van der Waals surface area contributed by atoms with Gasteiger partial charge < -0.3 is 15.7 Å². The van der Waals surface area contributed by atoms with Gasteiger partial charge in [-0.3, -0.25) is 14.6 Å². The highest BCUT2D eigenvalue weighted by molar-refractivity contribution is 5.90. The number of hydrogen-bond donors (Lipinski definition) is 3. The zero-order valence-electron chi connectivity index (χ0n) is 15.0. The van der Waals surface area contributed by atoms with Crippen molar-refractivity contribution in [2.24, 2.45) is 5.92 Å². The summed E-state index contributed by atoms with van der Waals surface area (Å²) < 4.78 is 0. The van der Waals surface area contributed by atoms with Crippen molar-refractivity contribution >= 4 is 28.7 Å². The molecule has 1 aromatic carbocycles. The molecule has 0 aliphatic carbocycles. The average Bonchev–Trinajstić information content (AvgIpc) is 2.58. The summed E-state index contributed by atoms with van der Waals surface area (Å²) in [6.45, 7) is 4.87. The summed E-state index contributed by atoms with van der Waals surface area (Å²) in [5.74, 6) is -2.20. The molecule has 0 aliphatic heterocycles. The van der Waals surface area contributed by atoms with E-state index >= 15 is 0 Å². The minimum atomic E-state index is -1.15. The van der Waals surface area contributed by atoms with E-state index in [1.807, 2.05) is 30.3 Å². The van der Waals surface area contributed by atoms with Crippen LogP contribution in [0, 0.1) is 5.92 Å². The number of carbonyl (C=O) groups is 3. The number of rotatable bonds is 7. The maximum absolute atomic E-state index is 12.4. The van der Waals surface area contributed by atoms with Crippen LogP contribution >= 0.6 is 0 Å². The highest BCUT2D eigenvalue weighted by Crippen LogP contribution is 2.13. The summed E-state index contributed by atoms with van der Waals surface area (Å²) in [5, 5.41) is 15.5. The lowest BCUT2D eigenvalue weighted by molar-refractivity contribution is -0.142. The van der Waals surface area contributed by atoms with Crippen LogP contribution in [0.25, 0.3) is 10.9 Å². The van der Waals surface area contributed by atoms with Crippen molar-refractivity contribution in [2.45, 2.75) is 39.3 Å². The molecule has 3 N–H and O–H groups in total. The Morgan fingerprint density at radius 1 is 1.08 bits per heavy atom. The second-order valence-electron chi connectivity index (χ2n) is 6.52. The Balaban J connectivity index is 2.15. The zero-order chi connectivity index (χ0) is 19.3. The number of para-hydroxylation sites is 1. The lowest BCUT2D eigenvalue weighted by Gasteiger charge is -2.23. The molecule has 0 fully saturated rings. The van der Waals surface area contributed by atoms with Gasteiger partial charge in [-0.05, 0) is 18.1 Å². The Labute approximate surface area is 151 Å². The number of benzene rings is 1. The molecule has 1 aromatic heterocycles. The largest absolute Gasteiger partial charge is 0.480 e. The summed E-state index contributed by atoms with van der Waals surface area (Å²) in [4.78, 5) is 39.7. The molecule has 0 spiro atoms. The highest BCUT2D eigenvalue weighted by Gasteiger charge is 2.28. The first-order chi connectivity index (χ1) is 12.3. The minimum Gasteiger partial charge on any atom is -0.480 e. The first kappa shape index (κ1) is 19.4. The zero-order valence-corrected chi connectivity index (χ0v) is 15.0. The number of nitrogens with zero attached hydrogens (tertiary/aromatic N) is 1. The fourth-order valence-electron chi connectivity index (χ4n) is 2.65. The number of pyridine rings is 1. The van der Waals surface area contributed by atoms with Gasteiger partial charge in [-0.1, -0.05) is 38.1 Å². The van der Waals surface area contributed by atoms with Crippen LogP contribution in [0.1, 0.15) is 26.5 Å². The van der Waals surface area contributed by atoms with E-state index < -0.39 is 24.0 Å². The van der Waals surface area contributed by atoms with E-state index in [2.05, 4.69) is 15.6 Å². The molecule has 7 heteroatoms. The molecule has 7 nitrogen and oxygen atoms in total. The SMILES string of the molecule is CC(=O)N[C@@H](C(=O)N[C@H](Cc1ccc2ccccc2n1)C(=O)O)C(C)C. The van der Waals surface area contributed by atoms with Crippen molar-refractivity contribution in [3.05, 3.63) is 42.1 Å². The second-order valence-corrected chi connectivity index (χ2v) is 6.52. The van der Waals surface area contributed by atoms with Crippen molar-refractivity contribution in [3.63, 3.8) is 0 Å². The van der Waals surface area contributed by atoms with E-state index in [0.717, 1.165) is 10.9 Å². The predicted octanol–water partition coefficient (Wildman–Crippen LogP) is 1.51. The summed E-state index contributed by atoms with van der Waals surface area (Å²) >= 11 is 0. The van der Waals surface area contributed by atoms with Gasteiger partial charge in [-0.15, -0.1) is 0 Å². The Hall–Kier alpha value is -2.96. The van der Waals surface area contributed by atoms with Gasteiger partial charge in [0.2, 0.25) is 11.8 Å². The Morgan fingerprint density at radius 2 is 1.77 bits per heavy atom. The van der Waals surface area contributed by atoms with E-state index in [1.165, 1.54) is 6.92 Å². The van der Waals surface area contributed by atoms with Gasteiger partial charge in [0, 0.05) is 24.4 Å². The molecule has 26 heavy (non-hydrogen) atoms. The first-order valence-electron chi connectivity index (χ1n) is 8.43. The van der Waals surface area contributed by atoms with Crippen molar-refractivity contribution in [2.75, 3.05) is 0 Å². The Kier molecular flexibility index (Phi) is 6.27. The van der Waals surface area contributed by atoms with Crippen molar-refractivity contribution in [1.82, 2.24) is 15.6 Å². The Morgan fingerprint density at radius 3 is 2.38 bits per heavy atom. The van der Waals surface area contributed by atoms with Gasteiger partial charge in [-0.2, -0.15) is 0 Å². The number of aromatic nitrogens is 1. The Bertz CT molecular complexity index is 819. The molecule has 138 valence electrons. The number of carbonyl (C=O) groups excluding carboxylic acids is 2. The fraction of sp³-hybridized carbons (Fsp3) is 0.368. The summed E-state index contributed by atoms with van der Waals surface area (Å²) in [7, 11) is 0. The molecule has 0 unspecified atom stereocenters. The van der Waals surface area contributed by atoms with E-state index in [-0.39, 0.29) is 18.2 Å². The third kappa shape index (κ3) is 5.02. The monoisotopic (exact) mass is 357 g/mol. The fourth-order valence-corrected chi connectivity index (χ4v) is 2.65. The highest BCUT2D eigenvalue weighted by atomic mass is 16.4. The molecule has 2 atom stereocenters. The molecular formula is C19H23N3O4. The predicted molar refractivity (Wildman–Crippen MR) is 97.5 cm³/mol. The van der Waals surface area contributed by atoms with Crippen LogP contribution in [0.4, 0.5) is 0 Å². The number of fused-ring (bicyclic) bond motifs is 1. The van der Waals surface area contributed by atoms with Crippen LogP contribution in [0.5, 0.6) is 0 Å². The van der Waals surface area contributed by atoms with E-state index in [9.17, 15) is 19.5 Å². The van der Waals surface area contributed by atoms with E-state index in [4.69, 9.17) is 0 Å². The molecule has 0 radical (unpaired) electrons. The van der Waals surface area contributed by atoms with Crippen LogP contribution in [-0.2, 0) is 20.8 Å². The summed E-state index contributed by atoms with van der Waals surface area (Å²) in [5.41, 5.74) is 1.33. The normalized spacial score (nSPS) is 13.2. The molecule has 0 saturated carbocycles. The number of hydrogen-bond acceptors (Lipinski definition) is 4. The van der Waals surface area contributed by atoms with Crippen molar-refractivity contribution in [1.29, 1.82) is 0 Å². The van der Waals surface area contributed by atoms with Gasteiger partial charge in [0.05, 0.1) is 5.52 Å². The van der Waals surface area contributed by atoms with Crippen LogP contribution in [-0.4, -0.2) is 40.0 Å². The summed E-state index contributed by atoms with van der Waals surface area (Å²) in [6.07, 6.45) is 0.0524. The van der Waals surface area contributed by atoms with Gasteiger partial charge in [0.1, 0.15) is 12.1 Å². The molecule has 0 bridgehead atoms. The molecule has 2 rings (SSSR count). The molecule has 1 heterocycles. The quantitative estimate of drug-likeness (QED) is 0.696. The summed E-state index contributed by atoms with van der Waals surface area (Å²) in [6, 6.07) is 9.21. The standard InChI is InChI=1S/C19H23N3O4/c1-11(2)17(20-12(3)23)18(24)22-16(19(25)26)10-14-9-8-13-6-4-5-7-15(13)21-14/h4-9,11,16-17H,10H2,1-3H3,(H,20,23)(H,22,24)(H,25,26)/t16-,17-/m1/s1. The third-order valence-corrected chi connectivity index (χ3v) is 3.99. The smallest absolute Gasteiger partial charge is 0.326 e. The minimum absolute atomic E-state index is 0.0524. The average molecular weight is 357 g/mol. The maximum atomic E-state index is 12.4. The molecule has 0 aliphatic rings. The number of carboxylic acids is 1. The van der Waals surface area contributed by atoms with Crippen molar-refractivity contribution in [3.8, 4) is 0 Å². The van der Waals surface area contributed by atoms with Crippen LogP contribution in [0.3, 0.4) is 0 Å². The third-order valence-electron chi connectivity index (χ3n) is 3.99. The number of amides is 2. The lowest BCUT2D eigenvalue weighted by Crippen LogP contribution is -2.53. The number of aliphatic carboxylic acids is 1. The lowest BCUT2D eigenvalue weighted by atomic mass is 10.0. The van der Waals surface area contributed by atoms with E-state index in [0.29, 0.717) is 5.69 Å². The van der Waals surface area contributed by atoms with Crippen LogP contribution in [0.15, 0.2) is 36.4 Å². The molecule has 0 saturated heterocycles. The van der Waals surface area contributed by atoms with Gasteiger partial charge >= 0.3 is 5.97 Å². The van der Waals surface area contributed by atoms with Crippen molar-refractivity contribution < 1.29 is 19.5 Å². The van der Waals surface area contributed by atoms with Gasteiger partial charge in [0.15, 0.2) is 0 Å². The van der Waals surface area contributed by atoms with Crippen LogP contribution in [0.2, 0.25) is 0 Å². The molecular weight excluding hydrogens is 334 g/mol. The molecule has 2 aromatic rings. The van der Waals surface area contributed by atoms with Gasteiger partial charge in [0.25, 0.3) is 0 Å².